The van der Waals surface area contributed by atoms with Gasteiger partial charge in [-0.05, 0) is 12.8 Å². The van der Waals surface area contributed by atoms with Crippen molar-refractivity contribution in [2.75, 3.05) is 6.61 Å². The fraction of sp³-hybridized carbons (Fsp3) is 0.833. The van der Waals surface area contributed by atoms with Crippen LogP contribution in [0.25, 0.3) is 0 Å². The minimum Gasteiger partial charge on any atom is -0.393 e. The molecule has 54 valence electrons. The van der Waals surface area contributed by atoms with Crippen molar-refractivity contribution in [3.05, 3.63) is 0 Å². The SMILES string of the molecule is [B][C@H]1CC[C@](C=O)(CO)O1. The molecule has 0 aromatic rings. The number of aliphatic hydroxyl groups is 1. The normalized spacial score (nSPS) is 39.9. The highest BCUT2D eigenvalue weighted by molar-refractivity contribution is 6.11. The minimum absolute atomic E-state index is 0.274. The van der Waals surface area contributed by atoms with Gasteiger partial charge in [-0.3, -0.25) is 0 Å². The zero-order valence-corrected chi connectivity index (χ0v) is 5.62. The molecular weight excluding hydrogens is 131 g/mol. The summed E-state index contributed by atoms with van der Waals surface area (Å²) in [6.07, 6.45) is 1.79. The van der Waals surface area contributed by atoms with E-state index in [9.17, 15) is 4.79 Å². The summed E-state index contributed by atoms with van der Waals surface area (Å²) in [4.78, 5) is 10.4. The van der Waals surface area contributed by atoms with Crippen molar-refractivity contribution in [2.24, 2.45) is 0 Å². The van der Waals surface area contributed by atoms with E-state index in [0.717, 1.165) is 0 Å². The summed E-state index contributed by atoms with van der Waals surface area (Å²) >= 11 is 0. The summed E-state index contributed by atoms with van der Waals surface area (Å²) in [5.41, 5.74) is -1.00. The Bertz CT molecular complexity index is 139. The van der Waals surface area contributed by atoms with E-state index in [1.54, 1.807) is 0 Å². The second-order valence-corrected chi connectivity index (χ2v) is 2.54. The Balaban J connectivity index is 2.59. The third-order valence-corrected chi connectivity index (χ3v) is 1.72. The molecule has 1 heterocycles. The summed E-state index contributed by atoms with van der Waals surface area (Å²) in [7, 11) is 5.37. The van der Waals surface area contributed by atoms with Gasteiger partial charge in [0.1, 0.15) is 13.4 Å². The lowest BCUT2D eigenvalue weighted by Crippen LogP contribution is -2.35. The Hall–Kier alpha value is -0.345. The molecule has 1 rings (SSSR count). The lowest BCUT2D eigenvalue weighted by atomic mass is 9.95. The van der Waals surface area contributed by atoms with Gasteiger partial charge in [0.25, 0.3) is 0 Å². The molecule has 4 heteroatoms. The first-order valence-corrected chi connectivity index (χ1v) is 3.23. The fourth-order valence-electron chi connectivity index (χ4n) is 1.05. The third-order valence-electron chi connectivity index (χ3n) is 1.72. The standard InChI is InChI=1S/C6H9BO3/c7-5-1-2-6(3-8,4-9)10-5/h3,5,9H,1-2,4H2/t5-,6+/m1/s1. The predicted molar refractivity (Wildman–Crippen MR) is 35.7 cm³/mol. The monoisotopic (exact) mass is 140 g/mol. The largest absolute Gasteiger partial charge is 0.393 e. The van der Waals surface area contributed by atoms with Gasteiger partial charge in [0.15, 0.2) is 6.29 Å². The van der Waals surface area contributed by atoms with Gasteiger partial charge < -0.3 is 14.6 Å². The molecule has 10 heavy (non-hydrogen) atoms. The number of rotatable bonds is 2. The molecule has 0 aromatic carbocycles. The van der Waals surface area contributed by atoms with E-state index in [-0.39, 0.29) is 6.61 Å². The van der Waals surface area contributed by atoms with Crippen LogP contribution in [-0.4, -0.2) is 37.5 Å². The van der Waals surface area contributed by atoms with Crippen molar-refractivity contribution in [1.29, 1.82) is 0 Å². The smallest absolute Gasteiger partial charge is 0.154 e. The first-order chi connectivity index (χ1) is 4.72. The quantitative estimate of drug-likeness (QED) is 0.404. The van der Waals surface area contributed by atoms with Gasteiger partial charge in [-0.2, -0.15) is 0 Å². The van der Waals surface area contributed by atoms with E-state index in [1.165, 1.54) is 0 Å². The first-order valence-electron chi connectivity index (χ1n) is 3.23. The molecule has 0 aromatic heterocycles. The van der Waals surface area contributed by atoms with Crippen molar-refractivity contribution in [2.45, 2.75) is 24.4 Å². The lowest BCUT2D eigenvalue weighted by Gasteiger charge is -2.18. The number of carbonyl (C=O) groups excluding carboxylic acids is 1. The third kappa shape index (κ3) is 1.22. The molecule has 1 aliphatic rings. The maximum Gasteiger partial charge on any atom is 0.154 e. The molecule has 0 bridgehead atoms. The van der Waals surface area contributed by atoms with E-state index >= 15 is 0 Å². The Labute approximate surface area is 60.8 Å². The molecule has 0 unspecified atom stereocenters. The Kier molecular flexibility index (Phi) is 2.11. The zero-order chi connectivity index (χ0) is 7.61. The molecule has 0 amide bonds. The molecule has 1 saturated heterocycles. The van der Waals surface area contributed by atoms with Crippen molar-refractivity contribution in [3.8, 4) is 0 Å². The Morgan fingerprint density at radius 3 is 2.80 bits per heavy atom. The van der Waals surface area contributed by atoms with Crippen LogP contribution in [0.5, 0.6) is 0 Å². The average molecular weight is 140 g/mol. The second kappa shape index (κ2) is 2.72. The van der Waals surface area contributed by atoms with Gasteiger partial charge in [-0.15, -0.1) is 0 Å². The van der Waals surface area contributed by atoms with Crippen LogP contribution in [0.3, 0.4) is 0 Å². The molecule has 2 atom stereocenters. The van der Waals surface area contributed by atoms with E-state index in [2.05, 4.69) is 0 Å². The lowest BCUT2D eigenvalue weighted by molar-refractivity contribution is -0.131. The first kappa shape index (κ1) is 7.76. The minimum atomic E-state index is -1.00. The molecular formula is C6H9BO3. The zero-order valence-electron chi connectivity index (χ0n) is 5.62. The molecule has 3 nitrogen and oxygen atoms in total. The summed E-state index contributed by atoms with van der Waals surface area (Å²) in [6.45, 7) is -0.274. The van der Waals surface area contributed by atoms with Gasteiger partial charge in [-0.25, -0.2) is 0 Å². The van der Waals surface area contributed by atoms with Crippen LogP contribution in [0.1, 0.15) is 12.8 Å². The summed E-state index contributed by atoms with van der Waals surface area (Å²) in [5, 5.41) is 8.72. The number of ether oxygens (including phenoxy) is 1. The summed E-state index contributed by atoms with van der Waals surface area (Å²) in [6, 6.07) is -0.391. The maximum atomic E-state index is 10.4. The Morgan fingerprint density at radius 2 is 2.60 bits per heavy atom. The van der Waals surface area contributed by atoms with Crippen molar-refractivity contribution in [3.63, 3.8) is 0 Å². The molecule has 1 fully saturated rings. The van der Waals surface area contributed by atoms with E-state index in [0.29, 0.717) is 19.1 Å². The van der Waals surface area contributed by atoms with Crippen LogP contribution < -0.4 is 0 Å². The second-order valence-electron chi connectivity index (χ2n) is 2.54. The number of carbonyl (C=O) groups is 1. The highest BCUT2D eigenvalue weighted by Gasteiger charge is 2.37. The maximum absolute atomic E-state index is 10.4. The van der Waals surface area contributed by atoms with Crippen LogP contribution in [0.2, 0.25) is 0 Å². The molecule has 0 aliphatic carbocycles. The van der Waals surface area contributed by atoms with Crippen LogP contribution >= 0.6 is 0 Å². The van der Waals surface area contributed by atoms with Gasteiger partial charge in [0, 0.05) is 6.00 Å². The van der Waals surface area contributed by atoms with Gasteiger partial charge in [0.2, 0.25) is 0 Å². The molecule has 1 N–H and O–H groups in total. The highest BCUT2D eigenvalue weighted by Crippen LogP contribution is 2.26. The van der Waals surface area contributed by atoms with Crippen LogP contribution in [-0.2, 0) is 9.53 Å². The predicted octanol–water partition coefficient (Wildman–Crippen LogP) is -0.779. The summed E-state index contributed by atoms with van der Waals surface area (Å²) in [5.74, 6) is 0. The van der Waals surface area contributed by atoms with Gasteiger partial charge in [0.05, 0.1) is 6.61 Å². The fourth-order valence-corrected chi connectivity index (χ4v) is 1.05. The average Bonchev–Trinajstić information content (AvgIpc) is 2.33. The van der Waals surface area contributed by atoms with Crippen LogP contribution in [0, 0.1) is 0 Å². The number of hydrogen-bond acceptors (Lipinski definition) is 3. The summed E-state index contributed by atoms with van der Waals surface area (Å²) < 4.78 is 5.01. The number of aliphatic hydroxyl groups excluding tert-OH is 1. The Morgan fingerprint density at radius 1 is 1.90 bits per heavy atom. The van der Waals surface area contributed by atoms with E-state index < -0.39 is 11.6 Å². The van der Waals surface area contributed by atoms with E-state index in [4.69, 9.17) is 17.7 Å². The number of aldehydes is 1. The van der Waals surface area contributed by atoms with Crippen molar-refractivity contribution < 1.29 is 14.6 Å². The van der Waals surface area contributed by atoms with Crippen molar-refractivity contribution >= 4 is 14.1 Å². The van der Waals surface area contributed by atoms with E-state index in [1.807, 2.05) is 0 Å². The van der Waals surface area contributed by atoms with Gasteiger partial charge in [-0.1, -0.05) is 0 Å². The molecule has 0 saturated carbocycles. The van der Waals surface area contributed by atoms with Gasteiger partial charge >= 0.3 is 0 Å². The molecule has 1 aliphatic heterocycles. The van der Waals surface area contributed by atoms with Crippen molar-refractivity contribution in [1.82, 2.24) is 0 Å². The number of hydrogen-bond donors (Lipinski definition) is 1. The van der Waals surface area contributed by atoms with Crippen LogP contribution in [0.15, 0.2) is 0 Å². The highest BCUT2D eigenvalue weighted by atomic mass is 16.5. The van der Waals surface area contributed by atoms with Crippen LogP contribution in [0.4, 0.5) is 0 Å². The topological polar surface area (TPSA) is 46.5 Å². The molecule has 2 radical (unpaired) electrons. The molecule has 0 spiro atoms.